The van der Waals surface area contributed by atoms with Crippen molar-refractivity contribution in [3.8, 4) is 0 Å². The van der Waals surface area contributed by atoms with E-state index >= 15 is 0 Å². The van der Waals surface area contributed by atoms with Crippen molar-refractivity contribution in [1.29, 1.82) is 0 Å². The van der Waals surface area contributed by atoms with Crippen molar-refractivity contribution in [2.45, 2.75) is 6.92 Å². The Hall–Kier alpha value is -1.76. The summed E-state index contributed by atoms with van der Waals surface area (Å²) in [7, 11) is 0. The second kappa shape index (κ2) is 4.47. The van der Waals surface area contributed by atoms with Crippen molar-refractivity contribution >= 4 is 5.57 Å². The van der Waals surface area contributed by atoms with Crippen LogP contribution in [0.3, 0.4) is 0 Å². The van der Waals surface area contributed by atoms with Gasteiger partial charge in [-0.25, -0.2) is 0 Å². The first-order chi connectivity index (χ1) is 6.59. The fraction of sp³-hybridized carbons (Fsp3) is 0.0769. The van der Waals surface area contributed by atoms with Crippen molar-refractivity contribution in [2.24, 2.45) is 0 Å². The minimum Gasteiger partial charge on any atom is -0.509 e. The molecule has 0 aromatic heterocycles. The summed E-state index contributed by atoms with van der Waals surface area (Å²) in [6.45, 7) is 9.29. The first-order valence-electron chi connectivity index (χ1n) is 4.41. The molecule has 0 aliphatic rings. The largest absolute Gasteiger partial charge is 0.509 e. The molecule has 0 heterocycles. The summed E-state index contributed by atoms with van der Waals surface area (Å²) in [4.78, 5) is 0. The molecule has 1 aromatic carbocycles. The summed E-state index contributed by atoms with van der Waals surface area (Å²) in [6.07, 6.45) is 3.27. The Morgan fingerprint density at radius 3 is 2.21 bits per heavy atom. The Labute approximate surface area is 84.7 Å². The molecule has 14 heavy (non-hydrogen) atoms. The first-order valence-corrected chi connectivity index (χ1v) is 4.41. The van der Waals surface area contributed by atoms with Gasteiger partial charge in [0.2, 0.25) is 0 Å². The summed E-state index contributed by atoms with van der Waals surface area (Å²) in [5, 5.41) is 8.87. The lowest BCUT2D eigenvalue weighted by atomic mass is 10.1. The van der Waals surface area contributed by atoms with Crippen LogP contribution in [0.25, 0.3) is 5.57 Å². The number of aliphatic hydroxyl groups is 1. The van der Waals surface area contributed by atoms with E-state index in [0.717, 1.165) is 11.1 Å². The van der Waals surface area contributed by atoms with E-state index in [-0.39, 0.29) is 5.76 Å². The lowest BCUT2D eigenvalue weighted by Gasteiger charge is -2.00. The minimum atomic E-state index is 0.0401. The molecule has 0 saturated heterocycles. The van der Waals surface area contributed by atoms with Gasteiger partial charge in [0.1, 0.15) is 5.76 Å². The lowest BCUT2D eigenvalue weighted by molar-refractivity contribution is 0.435. The van der Waals surface area contributed by atoms with Crippen LogP contribution in [0, 0.1) is 6.92 Å². The zero-order chi connectivity index (χ0) is 10.6. The van der Waals surface area contributed by atoms with Gasteiger partial charge in [0.25, 0.3) is 0 Å². The molecule has 0 saturated carbocycles. The molecule has 0 atom stereocenters. The molecule has 72 valence electrons. The van der Waals surface area contributed by atoms with Gasteiger partial charge in [-0.15, -0.1) is 0 Å². The SMILES string of the molecule is C=C(O)/C=C\C(=C)c1ccc(C)cc1. The maximum atomic E-state index is 8.87. The third-order valence-corrected chi connectivity index (χ3v) is 1.90. The molecule has 0 radical (unpaired) electrons. The highest BCUT2D eigenvalue weighted by atomic mass is 16.3. The molecule has 0 bridgehead atoms. The average Bonchev–Trinajstić information content (AvgIpc) is 2.15. The van der Waals surface area contributed by atoms with Gasteiger partial charge in [0.05, 0.1) is 0 Å². The quantitative estimate of drug-likeness (QED) is 0.564. The summed E-state index contributed by atoms with van der Waals surface area (Å²) < 4.78 is 0. The number of rotatable bonds is 3. The van der Waals surface area contributed by atoms with Gasteiger partial charge < -0.3 is 5.11 Å². The maximum Gasteiger partial charge on any atom is 0.108 e. The molecule has 0 aliphatic heterocycles. The van der Waals surface area contributed by atoms with Crippen LogP contribution < -0.4 is 0 Å². The molecule has 1 nitrogen and oxygen atoms in total. The molecule has 0 spiro atoms. The third kappa shape index (κ3) is 2.94. The van der Waals surface area contributed by atoms with E-state index in [0.29, 0.717) is 0 Å². The van der Waals surface area contributed by atoms with E-state index in [9.17, 15) is 0 Å². The molecule has 0 amide bonds. The van der Waals surface area contributed by atoms with Gasteiger partial charge >= 0.3 is 0 Å². The highest BCUT2D eigenvalue weighted by molar-refractivity contribution is 5.72. The van der Waals surface area contributed by atoms with Crippen LogP contribution in [0.1, 0.15) is 11.1 Å². The summed E-state index contributed by atoms with van der Waals surface area (Å²) in [6, 6.07) is 8.06. The molecule has 1 rings (SSSR count). The predicted octanol–water partition coefficient (Wildman–Crippen LogP) is 3.64. The minimum absolute atomic E-state index is 0.0401. The van der Waals surface area contributed by atoms with Gasteiger partial charge in [-0.3, -0.25) is 0 Å². The molecule has 1 N–H and O–H groups in total. The van der Waals surface area contributed by atoms with E-state index in [1.54, 1.807) is 6.08 Å². The van der Waals surface area contributed by atoms with E-state index in [2.05, 4.69) is 13.2 Å². The van der Waals surface area contributed by atoms with Crippen molar-refractivity contribution in [3.05, 3.63) is 66.5 Å². The lowest BCUT2D eigenvalue weighted by Crippen LogP contribution is -1.80. The Bertz CT molecular complexity index is 369. The topological polar surface area (TPSA) is 20.2 Å². The molecule has 1 aromatic rings. The fourth-order valence-electron chi connectivity index (χ4n) is 1.06. The van der Waals surface area contributed by atoms with Gasteiger partial charge in [-0.1, -0.05) is 49.1 Å². The third-order valence-electron chi connectivity index (χ3n) is 1.90. The van der Waals surface area contributed by atoms with Crippen LogP contribution in [0.15, 0.2) is 55.3 Å². The van der Waals surface area contributed by atoms with Crippen molar-refractivity contribution in [1.82, 2.24) is 0 Å². The van der Waals surface area contributed by atoms with Gasteiger partial charge in [0, 0.05) is 0 Å². The number of aliphatic hydroxyl groups excluding tert-OH is 1. The van der Waals surface area contributed by atoms with Crippen LogP contribution in [0.2, 0.25) is 0 Å². The number of aryl methyl sites for hydroxylation is 1. The molecular formula is C13H14O. The number of allylic oxidation sites excluding steroid dienone is 3. The Kier molecular flexibility index (Phi) is 3.29. The Morgan fingerprint density at radius 2 is 1.71 bits per heavy atom. The van der Waals surface area contributed by atoms with Gasteiger partial charge in [0.15, 0.2) is 0 Å². The van der Waals surface area contributed by atoms with Crippen molar-refractivity contribution in [3.63, 3.8) is 0 Å². The normalized spacial score (nSPS) is 10.4. The van der Waals surface area contributed by atoms with E-state index in [1.807, 2.05) is 31.2 Å². The Balaban J connectivity index is 2.80. The number of benzene rings is 1. The second-order valence-corrected chi connectivity index (χ2v) is 3.22. The van der Waals surface area contributed by atoms with Crippen molar-refractivity contribution < 1.29 is 5.11 Å². The zero-order valence-corrected chi connectivity index (χ0v) is 8.33. The van der Waals surface area contributed by atoms with Crippen LogP contribution in [0.5, 0.6) is 0 Å². The van der Waals surface area contributed by atoms with Crippen LogP contribution >= 0.6 is 0 Å². The van der Waals surface area contributed by atoms with Crippen LogP contribution in [0.4, 0.5) is 0 Å². The van der Waals surface area contributed by atoms with E-state index < -0.39 is 0 Å². The second-order valence-electron chi connectivity index (χ2n) is 3.22. The highest BCUT2D eigenvalue weighted by Crippen LogP contribution is 2.14. The van der Waals surface area contributed by atoms with E-state index in [4.69, 9.17) is 5.11 Å². The zero-order valence-electron chi connectivity index (χ0n) is 8.33. The molecular weight excluding hydrogens is 172 g/mol. The standard InChI is InChI=1S/C13H14O/c1-10-4-8-13(9-5-10)11(2)6-7-12(3)14/h4-9,14H,2-3H2,1H3/b7-6-. The van der Waals surface area contributed by atoms with Crippen molar-refractivity contribution in [2.75, 3.05) is 0 Å². The molecule has 0 unspecified atom stereocenters. The van der Waals surface area contributed by atoms with Crippen LogP contribution in [-0.2, 0) is 0 Å². The maximum absolute atomic E-state index is 8.87. The summed E-state index contributed by atoms with van der Waals surface area (Å²) in [5.41, 5.74) is 3.13. The fourth-order valence-corrected chi connectivity index (χ4v) is 1.06. The smallest absolute Gasteiger partial charge is 0.108 e. The van der Waals surface area contributed by atoms with Crippen LogP contribution in [-0.4, -0.2) is 5.11 Å². The first kappa shape index (κ1) is 10.3. The predicted molar refractivity (Wildman–Crippen MR) is 61.1 cm³/mol. The molecule has 0 fully saturated rings. The van der Waals surface area contributed by atoms with Gasteiger partial charge in [-0.05, 0) is 24.1 Å². The molecule has 0 aliphatic carbocycles. The summed E-state index contributed by atoms with van der Waals surface area (Å²) in [5.74, 6) is 0.0401. The van der Waals surface area contributed by atoms with Gasteiger partial charge in [-0.2, -0.15) is 0 Å². The average molecular weight is 186 g/mol. The monoisotopic (exact) mass is 186 g/mol. The summed E-state index contributed by atoms with van der Waals surface area (Å²) >= 11 is 0. The number of hydrogen-bond acceptors (Lipinski definition) is 1. The number of hydrogen-bond donors (Lipinski definition) is 1. The molecule has 1 heteroatoms. The van der Waals surface area contributed by atoms with E-state index in [1.165, 1.54) is 11.6 Å². The Morgan fingerprint density at radius 1 is 1.14 bits per heavy atom. The highest BCUT2D eigenvalue weighted by Gasteiger charge is 1.93.